The molecule has 0 radical (unpaired) electrons. The summed E-state index contributed by atoms with van der Waals surface area (Å²) in [5, 5.41) is 12.1. The Morgan fingerprint density at radius 3 is 2.50 bits per heavy atom. The van der Waals surface area contributed by atoms with Crippen molar-refractivity contribution in [3.63, 3.8) is 0 Å². The Labute approximate surface area is 130 Å². The zero-order valence-electron chi connectivity index (χ0n) is 12.8. The zero-order valence-corrected chi connectivity index (χ0v) is 12.8. The molecule has 1 saturated carbocycles. The third-order valence-electron chi connectivity index (χ3n) is 4.98. The standard InChI is InChI=1S/C17H22N2O3/c1-11-15-5-3-2-4-13(15)10-19(11)17(22)18-14-8-6-12(7-9-14)16(20)21/h2-5,11-12,14H,6-10H2,1H3,(H,18,22)(H,20,21). The topological polar surface area (TPSA) is 69.6 Å². The van der Waals surface area contributed by atoms with Crippen molar-refractivity contribution in [1.82, 2.24) is 10.2 Å². The molecule has 5 heteroatoms. The highest BCUT2D eigenvalue weighted by Crippen LogP contribution is 2.33. The number of hydrogen-bond donors (Lipinski definition) is 2. The van der Waals surface area contributed by atoms with Crippen LogP contribution in [0.3, 0.4) is 0 Å². The molecule has 1 aromatic rings. The first-order chi connectivity index (χ1) is 10.6. The normalized spacial score (nSPS) is 27.3. The number of rotatable bonds is 2. The van der Waals surface area contributed by atoms with Crippen LogP contribution in [0.15, 0.2) is 24.3 Å². The van der Waals surface area contributed by atoms with Gasteiger partial charge in [-0.1, -0.05) is 24.3 Å². The number of nitrogens with one attached hydrogen (secondary N) is 1. The van der Waals surface area contributed by atoms with Crippen LogP contribution in [0.2, 0.25) is 0 Å². The number of carbonyl (C=O) groups is 2. The first-order valence-corrected chi connectivity index (χ1v) is 7.94. The first-order valence-electron chi connectivity index (χ1n) is 7.94. The fourth-order valence-corrected chi connectivity index (χ4v) is 3.56. The van der Waals surface area contributed by atoms with Gasteiger partial charge in [0.2, 0.25) is 0 Å². The Balaban J connectivity index is 1.57. The van der Waals surface area contributed by atoms with Crippen molar-refractivity contribution < 1.29 is 14.7 Å². The number of carboxylic acid groups (broad SMARTS) is 1. The third kappa shape index (κ3) is 2.80. The Bertz CT molecular complexity index is 579. The van der Waals surface area contributed by atoms with E-state index in [-0.39, 0.29) is 24.0 Å². The molecule has 0 aromatic heterocycles. The van der Waals surface area contributed by atoms with E-state index in [0.717, 1.165) is 12.8 Å². The molecule has 1 unspecified atom stereocenters. The van der Waals surface area contributed by atoms with Crippen LogP contribution in [0, 0.1) is 5.92 Å². The van der Waals surface area contributed by atoms with E-state index in [1.54, 1.807) is 0 Å². The second-order valence-electron chi connectivity index (χ2n) is 6.34. The van der Waals surface area contributed by atoms with Gasteiger partial charge in [0.25, 0.3) is 0 Å². The van der Waals surface area contributed by atoms with Gasteiger partial charge in [0.1, 0.15) is 0 Å². The summed E-state index contributed by atoms with van der Waals surface area (Å²) in [6.45, 7) is 2.69. The summed E-state index contributed by atoms with van der Waals surface area (Å²) < 4.78 is 0. The minimum atomic E-state index is -0.714. The average molecular weight is 302 g/mol. The summed E-state index contributed by atoms with van der Waals surface area (Å²) >= 11 is 0. The molecule has 2 amide bonds. The van der Waals surface area contributed by atoms with Crippen molar-refractivity contribution in [1.29, 1.82) is 0 Å². The van der Waals surface area contributed by atoms with Crippen molar-refractivity contribution in [3.8, 4) is 0 Å². The molecular formula is C17H22N2O3. The van der Waals surface area contributed by atoms with Crippen LogP contribution < -0.4 is 5.32 Å². The van der Waals surface area contributed by atoms with E-state index in [1.807, 2.05) is 24.0 Å². The highest BCUT2D eigenvalue weighted by atomic mass is 16.4. The lowest BCUT2D eigenvalue weighted by molar-refractivity contribution is -0.142. The van der Waals surface area contributed by atoms with Crippen molar-refractivity contribution in [2.24, 2.45) is 5.92 Å². The number of amides is 2. The van der Waals surface area contributed by atoms with Crippen LogP contribution in [-0.4, -0.2) is 28.0 Å². The van der Waals surface area contributed by atoms with Gasteiger partial charge < -0.3 is 15.3 Å². The van der Waals surface area contributed by atoms with Crippen LogP contribution in [0.4, 0.5) is 4.79 Å². The molecular weight excluding hydrogens is 280 g/mol. The second kappa shape index (κ2) is 5.99. The number of carbonyl (C=O) groups excluding carboxylic acids is 1. The molecule has 3 rings (SSSR count). The molecule has 22 heavy (non-hydrogen) atoms. The van der Waals surface area contributed by atoms with E-state index in [1.165, 1.54) is 11.1 Å². The van der Waals surface area contributed by atoms with E-state index < -0.39 is 5.97 Å². The van der Waals surface area contributed by atoms with E-state index in [4.69, 9.17) is 5.11 Å². The summed E-state index contributed by atoms with van der Waals surface area (Å²) in [5.74, 6) is -0.962. The van der Waals surface area contributed by atoms with E-state index in [2.05, 4.69) is 17.4 Å². The van der Waals surface area contributed by atoms with Crippen LogP contribution in [0.25, 0.3) is 0 Å². The smallest absolute Gasteiger partial charge is 0.318 e. The van der Waals surface area contributed by atoms with Crippen LogP contribution in [-0.2, 0) is 11.3 Å². The van der Waals surface area contributed by atoms with Gasteiger partial charge in [-0.15, -0.1) is 0 Å². The fraction of sp³-hybridized carbons (Fsp3) is 0.529. The summed E-state index contributed by atoms with van der Waals surface area (Å²) in [6, 6.07) is 8.29. The Morgan fingerprint density at radius 2 is 1.86 bits per heavy atom. The molecule has 0 saturated heterocycles. The molecule has 1 heterocycles. The lowest BCUT2D eigenvalue weighted by atomic mass is 9.86. The minimum absolute atomic E-state index is 0.0394. The maximum atomic E-state index is 12.5. The third-order valence-corrected chi connectivity index (χ3v) is 4.98. The minimum Gasteiger partial charge on any atom is -0.481 e. The molecule has 1 atom stereocenters. The van der Waals surface area contributed by atoms with Crippen molar-refractivity contribution in [2.75, 3.05) is 0 Å². The molecule has 0 bridgehead atoms. The molecule has 1 aliphatic heterocycles. The van der Waals surface area contributed by atoms with Crippen LogP contribution in [0.5, 0.6) is 0 Å². The highest BCUT2D eigenvalue weighted by Gasteiger charge is 2.32. The zero-order chi connectivity index (χ0) is 15.7. The second-order valence-corrected chi connectivity index (χ2v) is 6.34. The van der Waals surface area contributed by atoms with Gasteiger partial charge in [0.15, 0.2) is 0 Å². The summed E-state index contributed by atoms with van der Waals surface area (Å²) in [5.41, 5.74) is 2.42. The number of benzene rings is 1. The van der Waals surface area contributed by atoms with Gasteiger partial charge in [0, 0.05) is 12.6 Å². The largest absolute Gasteiger partial charge is 0.481 e. The number of aliphatic carboxylic acids is 1. The number of nitrogens with zero attached hydrogens (tertiary/aromatic N) is 1. The van der Waals surface area contributed by atoms with E-state index >= 15 is 0 Å². The van der Waals surface area contributed by atoms with Gasteiger partial charge in [-0.2, -0.15) is 0 Å². The van der Waals surface area contributed by atoms with Crippen molar-refractivity contribution in [3.05, 3.63) is 35.4 Å². The lowest BCUT2D eigenvalue weighted by Gasteiger charge is -2.30. The van der Waals surface area contributed by atoms with Crippen molar-refractivity contribution >= 4 is 12.0 Å². The van der Waals surface area contributed by atoms with Gasteiger partial charge in [-0.25, -0.2) is 4.79 Å². The highest BCUT2D eigenvalue weighted by molar-refractivity contribution is 5.76. The maximum Gasteiger partial charge on any atom is 0.318 e. The summed E-state index contributed by atoms with van der Waals surface area (Å²) in [7, 11) is 0. The number of urea groups is 1. The molecule has 1 aromatic carbocycles. The van der Waals surface area contributed by atoms with Gasteiger partial charge in [0.05, 0.1) is 12.0 Å². The molecule has 1 fully saturated rings. The molecule has 1 aliphatic carbocycles. The predicted molar refractivity (Wildman–Crippen MR) is 82.3 cm³/mol. The van der Waals surface area contributed by atoms with E-state index in [9.17, 15) is 9.59 Å². The van der Waals surface area contributed by atoms with Gasteiger partial charge in [-0.3, -0.25) is 4.79 Å². The van der Waals surface area contributed by atoms with Crippen LogP contribution >= 0.6 is 0 Å². The Hall–Kier alpha value is -2.04. The quantitative estimate of drug-likeness (QED) is 0.882. The molecule has 2 N–H and O–H groups in total. The molecule has 118 valence electrons. The monoisotopic (exact) mass is 302 g/mol. The number of carboxylic acids is 1. The fourth-order valence-electron chi connectivity index (χ4n) is 3.56. The SMILES string of the molecule is CC1c2ccccc2CN1C(=O)NC1CCC(C(=O)O)CC1. The van der Waals surface area contributed by atoms with Gasteiger partial charge in [-0.05, 0) is 43.7 Å². The summed E-state index contributed by atoms with van der Waals surface area (Å²) in [4.78, 5) is 25.3. The maximum absolute atomic E-state index is 12.5. The molecule has 5 nitrogen and oxygen atoms in total. The van der Waals surface area contributed by atoms with Gasteiger partial charge >= 0.3 is 12.0 Å². The lowest BCUT2D eigenvalue weighted by Crippen LogP contribution is -2.45. The Morgan fingerprint density at radius 1 is 1.18 bits per heavy atom. The van der Waals surface area contributed by atoms with Crippen molar-refractivity contribution in [2.45, 2.75) is 51.2 Å². The average Bonchev–Trinajstić information content (AvgIpc) is 2.85. The molecule has 2 aliphatic rings. The Kier molecular flexibility index (Phi) is 4.05. The van der Waals surface area contributed by atoms with Crippen LogP contribution in [0.1, 0.15) is 49.8 Å². The number of hydrogen-bond acceptors (Lipinski definition) is 2. The predicted octanol–water partition coefficient (Wildman–Crippen LogP) is 2.92. The molecule has 0 spiro atoms. The first kappa shape index (κ1) is 14.9. The summed E-state index contributed by atoms with van der Waals surface area (Å²) in [6.07, 6.45) is 2.79. The van der Waals surface area contributed by atoms with E-state index in [0.29, 0.717) is 19.4 Å². The number of fused-ring (bicyclic) bond motifs is 1.